The average molecular weight is 699 g/mol. The van der Waals surface area contributed by atoms with Gasteiger partial charge >= 0.3 is 0 Å². The minimum Gasteiger partial charge on any atom is -0.496 e. The van der Waals surface area contributed by atoms with Crippen LogP contribution in [0.2, 0.25) is 0 Å². The van der Waals surface area contributed by atoms with Crippen LogP contribution in [0.5, 0.6) is 23.0 Å². The summed E-state index contributed by atoms with van der Waals surface area (Å²) < 4.78 is 23.0. The molecule has 0 aliphatic heterocycles. The molecule has 6 nitrogen and oxygen atoms in total. The first-order valence-corrected chi connectivity index (χ1v) is 17.3. The second-order valence-electron chi connectivity index (χ2n) is 12.7. The Bertz CT molecular complexity index is 2170. The normalized spacial score (nSPS) is 10.7. The van der Waals surface area contributed by atoms with Crippen molar-refractivity contribution in [2.75, 3.05) is 28.4 Å². The number of rotatable bonds is 12. The Labute approximate surface area is 312 Å². The maximum atomic E-state index is 5.95. The Morgan fingerprint density at radius 1 is 0.434 bits per heavy atom. The summed E-state index contributed by atoms with van der Waals surface area (Å²) in [5.41, 5.74) is 8.28. The summed E-state index contributed by atoms with van der Waals surface area (Å²) in [6, 6.07) is 48.1. The minimum atomic E-state index is -0.467. The van der Waals surface area contributed by atoms with E-state index in [2.05, 4.69) is 74.1 Å². The summed E-state index contributed by atoms with van der Waals surface area (Å²) in [4.78, 5) is 9.55. The number of ether oxygens (including phenoxy) is 4. The molecule has 0 fully saturated rings. The first-order valence-electron chi connectivity index (χ1n) is 17.3. The molecule has 0 atom stereocenters. The van der Waals surface area contributed by atoms with Gasteiger partial charge in [-0.15, -0.1) is 0 Å². The molecule has 6 aromatic rings. The van der Waals surface area contributed by atoms with Crippen molar-refractivity contribution in [2.24, 2.45) is 9.98 Å². The Hall–Kier alpha value is -6.58. The van der Waals surface area contributed by atoms with Crippen LogP contribution in [0.15, 0.2) is 156 Å². The van der Waals surface area contributed by atoms with Crippen molar-refractivity contribution in [3.05, 3.63) is 179 Å². The van der Waals surface area contributed by atoms with Crippen LogP contribution in [-0.2, 0) is 5.41 Å². The Morgan fingerprint density at radius 3 is 1.17 bits per heavy atom. The number of hydrogen-bond donors (Lipinski definition) is 0. The lowest BCUT2D eigenvalue weighted by atomic mass is 9.76. The van der Waals surface area contributed by atoms with Crippen LogP contribution in [0.4, 0.5) is 11.4 Å². The fraction of sp³-hybridized carbons (Fsp3) is 0.149. The van der Waals surface area contributed by atoms with Gasteiger partial charge in [-0.2, -0.15) is 0 Å². The van der Waals surface area contributed by atoms with Crippen LogP contribution >= 0.6 is 0 Å². The van der Waals surface area contributed by atoms with Crippen LogP contribution in [0.3, 0.4) is 0 Å². The molecule has 0 saturated heterocycles. The van der Waals surface area contributed by atoms with Crippen LogP contribution in [0, 0.1) is 0 Å². The van der Waals surface area contributed by atoms with Gasteiger partial charge in [0.25, 0.3) is 0 Å². The summed E-state index contributed by atoms with van der Waals surface area (Å²) in [5.74, 6) is 9.49. The second kappa shape index (κ2) is 16.6. The van der Waals surface area contributed by atoms with Gasteiger partial charge in [0.1, 0.15) is 34.4 Å². The summed E-state index contributed by atoms with van der Waals surface area (Å²) in [6.45, 7) is 4.43. The first kappa shape index (κ1) is 36.2. The zero-order valence-corrected chi connectivity index (χ0v) is 30.9. The standard InChI is InChI=1S/C47H42N2O4/c1-47(2,35-25-27-43(50-3)37(29-35)39(33-17-9-7-10-18-33)31-48-41-21-13-15-23-45(41)52-5)36-26-28-44(51-4)38(30-36)40(34-19-11-8-12-20-34)32-49-42-22-14-16-24-46(42)53-6/h7-30H,1-6H3. The summed E-state index contributed by atoms with van der Waals surface area (Å²) in [5, 5.41) is 0. The van der Waals surface area contributed by atoms with Gasteiger partial charge in [-0.05, 0) is 82.5 Å². The molecule has 0 bridgehead atoms. The highest BCUT2D eigenvalue weighted by Crippen LogP contribution is 2.41. The predicted molar refractivity (Wildman–Crippen MR) is 216 cm³/mol. The quantitative estimate of drug-likeness (QED) is 0.119. The molecule has 0 radical (unpaired) electrons. The molecule has 0 heterocycles. The fourth-order valence-electron chi connectivity index (χ4n) is 6.20. The van der Waals surface area contributed by atoms with E-state index >= 15 is 0 Å². The van der Waals surface area contributed by atoms with Crippen LogP contribution in [0.25, 0.3) is 11.1 Å². The van der Waals surface area contributed by atoms with Crippen LogP contribution in [0.1, 0.15) is 47.2 Å². The van der Waals surface area contributed by atoms with E-state index in [4.69, 9.17) is 28.9 Å². The maximum Gasteiger partial charge on any atom is 0.145 e. The average Bonchev–Trinajstić information content (AvgIpc) is 3.22. The van der Waals surface area contributed by atoms with E-state index in [1.807, 2.05) is 97.1 Å². The van der Waals surface area contributed by atoms with Crippen molar-refractivity contribution < 1.29 is 18.9 Å². The molecule has 6 rings (SSSR count). The Morgan fingerprint density at radius 2 is 0.792 bits per heavy atom. The highest BCUT2D eigenvalue weighted by molar-refractivity contribution is 6.02. The molecule has 0 aliphatic carbocycles. The predicted octanol–water partition coefficient (Wildman–Crippen LogP) is 10.9. The van der Waals surface area contributed by atoms with Gasteiger partial charge in [-0.25, -0.2) is 9.98 Å². The molecular weight excluding hydrogens is 657 g/mol. The van der Waals surface area contributed by atoms with Crippen molar-refractivity contribution in [3.63, 3.8) is 0 Å². The molecule has 0 N–H and O–H groups in total. The largest absolute Gasteiger partial charge is 0.496 e. The summed E-state index contributed by atoms with van der Waals surface area (Å²) >= 11 is 0. The maximum absolute atomic E-state index is 5.95. The van der Waals surface area contributed by atoms with Crippen molar-refractivity contribution in [1.29, 1.82) is 0 Å². The molecular formula is C47H42N2O4. The molecule has 53 heavy (non-hydrogen) atoms. The van der Waals surface area contributed by atoms with E-state index in [9.17, 15) is 0 Å². The van der Waals surface area contributed by atoms with E-state index in [0.717, 1.165) is 44.5 Å². The van der Waals surface area contributed by atoms with Crippen LogP contribution in [-0.4, -0.2) is 40.2 Å². The molecule has 6 heteroatoms. The monoisotopic (exact) mass is 698 g/mol. The fourth-order valence-corrected chi connectivity index (χ4v) is 6.20. The zero-order chi connectivity index (χ0) is 37.2. The van der Waals surface area contributed by atoms with Gasteiger partial charge < -0.3 is 18.9 Å². The van der Waals surface area contributed by atoms with E-state index in [1.54, 1.807) is 28.4 Å². The van der Waals surface area contributed by atoms with Gasteiger partial charge in [-0.3, -0.25) is 0 Å². The highest BCUT2D eigenvalue weighted by atomic mass is 16.5. The van der Waals surface area contributed by atoms with Gasteiger partial charge in [0, 0.05) is 16.5 Å². The van der Waals surface area contributed by atoms with Crippen molar-refractivity contribution in [2.45, 2.75) is 19.3 Å². The van der Waals surface area contributed by atoms with Gasteiger partial charge in [0.15, 0.2) is 0 Å². The number of methoxy groups -OCH3 is 4. The molecule has 6 aromatic carbocycles. The van der Waals surface area contributed by atoms with E-state index in [-0.39, 0.29) is 0 Å². The van der Waals surface area contributed by atoms with Gasteiger partial charge in [-0.1, -0.05) is 111 Å². The lowest BCUT2D eigenvalue weighted by Crippen LogP contribution is -2.20. The number of aliphatic imine (C=N–C) groups is 2. The van der Waals surface area contributed by atoms with E-state index in [0.29, 0.717) is 34.4 Å². The lowest BCUT2D eigenvalue weighted by Gasteiger charge is -2.28. The Kier molecular flexibility index (Phi) is 11.4. The van der Waals surface area contributed by atoms with Crippen molar-refractivity contribution >= 4 is 34.3 Å². The van der Waals surface area contributed by atoms with Crippen molar-refractivity contribution in [3.8, 4) is 23.0 Å². The third-order valence-electron chi connectivity index (χ3n) is 9.25. The van der Waals surface area contributed by atoms with Crippen LogP contribution < -0.4 is 18.9 Å². The molecule has 0 amide bonds. The highest BCUT2D eigenvalue weighted by Gasteiger charge is 2.27. The summed E-state index contributed by atoms with van der Waals surface area (Å²) in [7, 11) is 6.65. The third-order valence-corrected chi connectivity index (χ3v) is 9.25. The minimum absolute atomic E-state index is 0.467. The van der Waals surface area contributed by atoms with E-state index < -0.39 is 5.41 Å². The molecule has 0 spiro atoms. The van der Waals surface area contributed by atoms with E-state index in [1.165, 1.54) is 0 Å². The first-order chi connectivity index (χ1) is 25.9. The molecule has 264 valence electrons. The lowest BCUT2D eigenvalue weighted by molar-refractivity contribution is 0.412. The third kappa shape index (κ3) is 8.01. The smallest absolute Gasteiger partial charge is 0.145 e. The van der Waals surface area contributed by atoms with Gasteiger partial charge in [0.05, 0.1) is 39.6 Å². The molecule has 0 aliphatic rings. The molecule has 0 aromatic heterocycles. The number of benzene rings is 6. The van der Waals surface area contributed by atoms with Crippen molar-refractivity contribution in [1.82, 2.24) is 0 Å². The Balaban J connectivity index is 1.52. The summed E-state index contributed by atoms with van der Waals surface area (Å²) in [6.07, 6.45) is 0. The number of hydrogen-bond acceptors (Lipinski definition) is 6. The number of nitrogens with zero attached hydrogens (tertiary/aromatic N) is 2. The topological polar surface area (TPSA) is 61.6 Å². The SMILES string of the molecule is COc1ccccc1N=C=C(c1ccccc1)c1cc(C(C)(C)c2ccc(OC)c(C(=C=Nc3ccccc3OC)c3ccccc3)c2)ccc1OC. The zero-order valence-electron chi connectivity index (χ0n) is 30.9. The second-order valence-corrected chi connectivity index (χ2v) is 12.7. The molecule has 0 saturated carbocycles. The van der Waals surface area contributed by atoms with Gasteiger partial charge in [0.2, 0.25) is 0 Å². The number of para-hydroxylation sites is 4. The molecule has 0 unspecified atom stereocenters.